The second kappa shape index (κ2) is 12.4. The van der Waals surface area contributed by atoms with E-state index in [9.17, 15) is 0 Å². The fourth-order valence-corrected chi connectivity index (χ4v) is 10.4. The van der Waals surface area contributed by atoms with Gasteiger partial charge < -0.3 is 4.40 Å². The van der Waals surface area contributed by atoms with E-state index in [0.717, 1.165) is 0 Å². The van der Waals surface area contributed by atoms with Crippen LogP contribution in [0.5, 0.6) is 0 Å². The lowest BCUT2D eigenvalue weighted by molar-refractivity contribution is 1.37. The lowest BCUT2D eigenvalue weighted by Gasteiger charge is -2.21. The summed E-state index contributed by atoms with van der Waals surface area (Å²) in [5, 5.41) is 15.2. The Balaban J connectivity index is 1.16. The number of fused-ring (bicyclic) bond motifs is 10. The number of hydrogen-bond donors (Lipinski definition) is 0. The van der Waals surface area contributed by atoms with Gasteiger partial charge in [-0.2, -0.15) is 0 Å². The first-order valence-corrected chi connectivity index (χ1v) is 20.5. The molecule has 0 aliphatic carbocycles. The molecule has 0 unspecified atom stereocenters. The van der Waals surface area contributed by atoms with Crippen LogP contribution in [0.4, 0.5) is 0 Å². The van der Waals surface area contributed by atoms with Crippen molar-refractivity contribution < 1.29 is 0 Å². The number of rotatable bonds is 4. The predicted molar refractivity (Wildman–Crippen MR) is 253 cm³/mol. The third-order valence-corrected chi connectivity index (χ3v) is 12.9. The largest absolute Gasteiger partial charge is 0.308 e. The van der Waals surface area contributed by atoms with Crippen molar-refractivity contribution in [3.8, 4) is 44.5 Å². The van der Waals surface area contributed by atoms with E-state index in [2.05, 4.69) is 217 Å². The Morgan fingerprint density at radius 1 is 0.237 bits per heavy atom. The van der Waals surface area contributed by atoms with Crippen molar-refractivity contribution >= 4 is 81.2 Å². The maximum Gasteiger partial charge on any atom is 0.0620 e. The highest BCUT2D eigenvalue weighted by Gasteiger charge is 2.22. The molecule has 0 amide bonds. The van der Waals surface area contributed by atoms with Crippen LogP contribution in [0.15, 0.2) is 212 Å². The molecule has 0 saturated heterocycles. The zero-order valence-corrected chi connectivity index (χ0v) is 32.2. The first kappa shape index (κ1) is 32.4. The molecule has 13 aromatic rings. The smallest absolute Gasteiger partial charge is 0.0620 e. The molecule has 2 heterocycles. The molecule has 1 heteroatoms. The SMILES string of the molecule is c1ccc(-c2ccc(-c3c4ccccc4c(-c4ccc5c6cccc7c8ccccc8n(c5c4)c76)c4cc(-c5cccc6ccccc56)ccc34)c3ccccc23)cc1. The van der Waals surface area contributed by atoms with Gasteiger partial charge in [-0.1, -0.05) is 194 Å². The molecule has 0 aliphatic heterocycles. The molecule has 0 radical (unpaired) electrons. The van der Waals surface area contributed by atoms with Crippen molar-refractivity contribution in [2.75, 3.05) is 0 Å². The average molecular weight is 746 g/mol. The van der Waals surface area contributed by atoms with Crippen LogP contribution in [0.1, 0.15) is 0 Å². The van der Waals surface area contributed by atoms with Crippen molar-refractivity contribution in [3.63, 3.8) is 0 Å². The molecule has 0 fully saturated rings. The van der Waals surface area contributed by atoms with Crippen molar-refractivity contribution in [1.29, 1.82) is 0 Å². The lowest BCUT2D eigenvalue weighted by Crippen LogP contribution is -1.93. The number of aromatic nitrogens is 1. The highest BCUT2D eigenvalue weighted by Crippen LogP contribution is 2.49. The van der Waals surface area contributed by atoms with Crippen LogP contribution < -0.4 is 0 Å². The normalized spacial score (nSPS) is 12.1. The van der Waals surface area contributed by atoms with E-state index >= 15 is 0 Å². The van der Waals surface area contributed by atoms with Crippen LogP contribution in [-0.2, 0) is 0 Å². The third kappa shape index (κ3) is 4.62. The standard InChI is InChI=1S/C58H35N/c1-2-14-36(15-3-1)42-32-33-49(44-20-7-6-19-43(42)44)57-48-23-9-8-22-47(48)56(53-34-38(28-31-50(53)57)41-24-12-17-37-16-4-5-18-40(37)41)39-29-30-46-52-26-13-25-51-45-21-10-11-27-54(45)59(58(51)52)55(46)35-39/h1-35H. The van der Waals surface area contributed by atoms with Crippen LogP contribution in [-0.4, -0.2) is 4.40 Å². The molecule has 0 spiro atoms. The maximum absolute atomic E-state index is 2.50. The zero-order chi connectivity index (χ0) is 38.6. The average Bonchev–Trinajstić information content (AvgIpc) is 3.83. The Bertz CT molecular complexity index is 3830. The van der Waals surface area contributed by atoms with Gasteiger partial charge in [-0.15, -0.1) is 0 Å². The number of para-hydroxylation sites is 2. The molecule has 272 valence electrons. The van der Waals surface area contributed by atoms with Crippen LogP contribution >= 0.6 is 0 Å². The first-order chi connectivity index (χ1) is 29.3. The molecule has 0 aliphatic rings. The van der Waals surface area contributed by atoms with Gasteiger partial charge in [0.15, 0.2) is 0 Å². The molecule has 0 saturated carbocycles. The second-order valence-corrected chi connectivity index (χ2v) is 15.9. The topological polar surface area (TPSA) is 4.41 Å². The van der Waals surface area contributed by atoms with Gasteiger partial charge in [-0.05, 0) is 106 Å². The minimum Gasteiger partial charge on any atom is -0.308 e. The molecule has 0 bridgehead atoms. The van der Waals surface area contributed by atoms with Gasteiger partial charge in [0.05, 0.1) is 16.6 Å². The van der Waals surface area contributed by atoms with E-state index in [4.69, 9.17) is 0 Å². The molecular weight excluding hydrogens is 711 g/mol. The quantitative estimate of drug-likeness (QED) is 0.158. The van der Waals surface area contributed by atoms with Crippen molar-refractivity contribution in [2.45, 2.75) is 0 Å². The molecule has 0 N–H and O–H groups in total. The predicted octanol–water partition coefficient (Wildman–Crippen LogP) is 16.1. The van der Waals surface area contributed by atoms with Crippen LogP contribution in [0.2, 0.25) is 0 Å². The number of benzene rings is 11. The highest BCUT2D eigenvalue weighted by molar-refractivity contribution is 6.27. The third-order valence-electron chi connectivity index (χ3n) is 12.9. The van der Waals surface area contributed by atoms with Gasteiger partial charge in [0.2, 0.25) is 0 Å². The summed E-state index contributed by atoms with van der Waals surface area (Å²) in [5.74, 6) is 0. The maximum atomic E-state index is 2.50. The van der Waals surface area contributed by atoms with E-state index in [0.29, 0.717) is 0 Å². The molecule has 13 rings (SSSR count). The van der Waals surface area contributed by atoms with Crippen LogP contribution in [0.3, 0.4) is 0 Å². The summed E-state index contributed by atoms with van der Waals surface area (Å²) < 4.78 is 2.50. The summed E-state index contributed by atoms with van der Waals surface area (Å²) in [6.45, 7) is 0. The lowest BCUT2D eigenvalue weighted by atomic mass is 9.82. The van der Waals surface area contributed by atoms with E-state index < -0.39 is 0 Å². The summed E-state index contributed by atoms with van der Waals surface area (Å²) >= 11 is 0. The van der Waals surface area contributed by atoms with Crippen molar-refractivity contribution in [1.82, 2.24) is 4.40 Å². The second-order valence-electron chi connectivity index (χ2n) is 15.9. The molecule has 59 heavy (non-hydrogen) atoms. The Hall–Kier alpha value is -7.74. The Kier molecular flexibility index (Phi) is 6.79. The Labute approximate surface area is 341 Å². The van der Waals surface area contributed by atoms with E-state index in [1.165, 1.54) is 126 Å². The summed E-state index contributed by atoms with van der Waals surface area (Å²) in [5.41, 5.74) is 13.7. The monoisotopic (exact) mass is 745 g/mol. The van der Waals surface area contributed by atoms with Crippen molar-refractivity contribution in [3.05, 3.63) is 212 Å². The van der Waals surface area contributed by atoms with Gasteiger partial charge in [-0.25, -0.2) is 0 Å². The highest BCUT2D eigenvalue weighted by atomic mass is 14.9. The molecule has 11 aromatic carbocycles. The Morgan fingerprint density at radius 2 is 0.763 bits per heavy atom. The van der Waals surface area contributed by atoms with E-state index in [1.807, 2.05) is 0 Å². The summed E-state index contributed by atoms with van der Waals surface area (Å²) in [6.07, 6.45) is 0. The minimum atomic E-state index is 1.22. The van der Waals surface area contributed by atoms with E-state index in [1.54, 1.807) is 0 Å². The minimum absolute atomic E-state index is 1.22. The number of nitrogens with zero attached hydrogens (tertiary/aromatic N) is 1. The fourth-order valence-electron chi connectivity index (χ4n) is 10.4. The van der Waals surface area contributed by atoms with E-state index in [-0.39, 0.29) is 0 Å². The fraction of sp³-hybridized carbons (Fsp3) is 0. The van der Waals surface area contributed by atoms with Gasteiger partial charge in [0.1, 0.15) is 0 Å². The summed E-state index contributed by atoms with van der Waals surface area (Å²) in [4.78, 5) is 0. The van der Waals surface area contributed by atoms with Gasteiger partial charge in [0.25, 0.3) is 0 Å². The van der Waals surface area contributed by atoms with Gasteiger partial charge >= 0.3 is 0 Å². The Morgan fingerprint density at radius 3 is 1.58 bits per heavy atom. The molecule has 1 nitrogen and oxygen atoms in total. The van der Waals surface area contributed by atoms with Gasteiger partial charge in [0, 0.05) is 21.5 Å². The summed E-state index contributed by atoms with van der Waals surface area (Å²) in [7, 11) is 0. The van der Waals surface area contributed by atoms with Gasteiger partial charge in [-0.3, -0.25) is 0 Å². The molecular formula is C58H35N. The summed E-state index contributed by atoms with van der Waals surface area (Å²) in [6, 6.07) is 78.9. The zero-order valence-electron chi connectivity index (χ0n) is 32.2. The molecule has 2 aromatic heterocycles. The van der Waals surface area contributed by atoms with Crippen molar-refractivity contribution in [2.24, 2.45) is 0 Å². The van der Waals surface area contributed by atoms with Crippen LogP contribution in [0.25, 0.3) is 126 Å². The molecule has 0 atom stereocenters. The first-order valence-electron chi connectivity index (χ1n) is 20.5. The van der Waals surface area contributed by atoms with Crippen LogP contribution in [0, 0.1) is 0 Å². The number of hydrogen-bond acceptors (Lipinski definition) is 0.